The minimum absolute atomic E-state index is 0.164. The van der Waals surface area contributed by atoms with Gasteiger partial charge in [-0.05, 0) is 50.7 Å². The number of ether oxygens (including phenoxy) is 4. The molecule has 0 saturated heterocycles. The third-order valence-corrected chi connectivity index (χ3v) is 5.36. The van der Waals surface area contributed by atoms with Crippen LogP contribution in [0.5, 0.6) is 0 Å². The minimum atomic E-state index is -0.471. The molecule has 0 saturated carbocycles. The van der Waals surface area contributed by atoms with Crippen molar-refractivity contribution in [1.29, 1.82) is 0 Å². The van der Waals surface area contributed by atoms with Crippen molar-refractivity contribution < 1.29 is 38.1 Å². The third-order valence-electron chi connectivity index (χ3n) is 5.36. The van der Waals surface area contributed by atoms with Gasteiger partial charge < -0.3 is 18.9 Å². The van der Waals surface area contributed by atoms with Gasteiger partial charge in [0.25, 0.3) is 0 Å². The van der Waals surface area contributed by atoms with Gasteiger partial charge in [0.2, 0.25) is 0 Å². The first-order chi connectivity index (χ1) is 18.4. The Balaban J connectivity index is 0.000000726. The average molecular weight is 537 g/mol. The number of benzene rings is 1. The molecule has 0 aliphatic rings. The van der Waals surface area contributed by atoms with Crippen molar-refractivity contribution in [3.8, 4) is 0 Å². The molecule has 0 atom stereocenters. The predicted octanol–water partition coefficient (Wildman–Crippen LogP) is 6.83. The average Bonchev–Trinajstić information content (AvgIpc) is 2.92. The molecule has 0 bridgehead atoms. The molecule has 216 valence electrons. The van der Waals surface area contributed by atoms with Crippen LogP contribution in [0.4, 0.5) is 0 Å². The molecular weight excluding hydrogens is 488 g/mol. The number of rotatable bonds is 19. The molecule has 0 aliphatic heterocycles. The van der Waals surface area contributed by atoms with E-state index < -0.39 is 11.9 Å². The molecule has 0 aromatic heterocycles. The lowest BCUT2D eigenvalue weighted by Gasteiger charge is -2.09. The summed E-state index contributed by atoms with van der Waals surface area (Å²) in [5.74, 6) is -1.27. The zero-order chi connectivity index (χ0) is 28.4. The first-order valence-electron chi connectivity index (χ1n) is 14.2. The summed E-state index contributed by atoms with van der Waals surface area (Å²) in [7, 11) is 0. The van der Waals surface area contributed by atoms with Gasteiger partial charge in [0.15, 0.2) is 0 Å². The van der Waals surface area contributed by atoms with E-state index in [1.165, 1.54) is 0 Å². The van der Waals surface area contributed by atoms with Crippen LogP contribution in [-0.2, 0) is 28.5 Å². The summed E-state index contributed by atoms with van der Waals surface area (Å²) in [4.78, 5) is 46.4. The van der Waals surface area contributed by atoms with Crippen molar-refractivity contribution in [2.24, 2.45) is 0 Å². The van der Waals surface area contributed by atoms with Crippen LogP contribution in [0.1, 0.15) is 125 Å². The van der Waals surface area contributed by atoms with E-state index >= 15 is 0 Å². The van der Waals surface area contributed by atoms with E-state index in [1.54, 1.807) is 24.3 Å². The van der Waals surface area contributed by atoms with Crippen molar-refractivity contribution in [2.45, 2.75) is 105 Å². The molecule has 8 nitrogen and oxygen atoms in total. The summed E-state index contributed by atoms with van der Waals surface area (Å²) >= 11 is 0. The molecule has 0 spiro atoms. The summed E-state index contributed by atoms with van der Waals surface area (Å²) in [6.45, 7) is 9.90. The van der Waals surface area contributed by atoms with Crippen LogP contribution in [0.3, 0.4) is 0 Å². The fraction of sp³-hybridized carbons (Fsp3) is 0.667. The molecular formula is C30H48O8. The fourth-order valence-electron chi connectivity index (χ4n) is 2.96. The van der Waals surface area contributed by atoms with Gasteiger partial charge in [-0.3, -0.25) is 9.59 Å². The second-order valence-corrected chi connectivity index (χ2v) is 8.88. The SMILES string of the molecule is CCCCOC(=O)CCCCC(=O)OCCCC.CCCCOC(=O)c1ccccc1C(=O)OCCCC. The Hall–Kier alpha value is -2.90. The van der Waals surface area contributed by atoms with Crippen molar-refractivity contribution in [2.75, 3.05) is 26.4 Å². The second-order valence-electron chi connectivity index (χ2n) is 8.88. The van der Waals surface area contributed by atoms with Gasteiger partial charge in [-0.2, -0.15) is 0 Å². The van der Waals surface area contributed by atoms with E-state index in [1.807, 2.05) is 13.8 Å². The lowest BCUT2D eigenvalue weighted by atomic mass is 10.1. The lowest BCUT2D eigenvalue weighted by Crippen LogP contribution is -2.14. The van der Waals surface area contributed by atoms with Crippen molar-refractivity contribution >= 4 is 23.9 Å². The van der Waals surface area contributed by atoms with E-state index in [0.717, 1.165) is 51.4 Å². The van der Waals surface area contributed by atoms with Gasteiger partial charge in [0.1, 0.15) is 0 Å². The van der Waals surface area contributed by atoms with E-state index in [2.05, 4.69) is 13.8 Å². The second kappa shape index (κ2) is 24.4. The highest BCUT2D eigenvalue weighted by molar-refractivity contribution is 6.03. The maximum atomic E-state index is 11.9. The molecule has 1 aromatic carbocycles. The molecule has 1 rings (SSSR count). The van der Waals surface area contributed by atoms with Crippen LogP contribution < -0.4 is 0 Å². The molecule has 0 amide bonds. The molecule has 0 N–H and O–H groups in total. The van der Waals surface area contributed by atoms with Crippen LogP contribution >= 0.6 is 0 Å². The van der Waals surface area contributed by atoms with Crippen molar-refractivity contribution in [3.63, 3.8) is 0 Å². The fourth-order valence-corrected chi connectivity index (χ4v) is 2.96. The number of carbonyl (C=O) groups is 4. The zero-order valence-electron chi connectivity index (χ0n) is 23.9. The maximum absolute atomic E-state index is 11.9. The van der Waals surface area contributed by atoms with Gasteiger partial charge in [-0.25, -0.2) is 9.59 Å². The topological polar surface area (TPSA) is 105 Å². The van der Waals surface area contributed by atoms with Crippen molar-refractivity contribution in [1.82, 2.24) is 0 Å². The van der Waals surface area contributed by atoms with Gasteiger partial charge >= 0.3 is 23.9 Å². The predicted molar refractivity (Wildman–Crippen MR) is 147 cm³/mol. The molecule has 1 aromatic rings. The lowest BCUT2D eigenvalue weighted by molar-refractivity contribution is -0.146. The maximum Gasteiger partial charge on any atom is 0.339 e. The number of hydrogen-bond acceptors (Lipinski definition) is 8. The minimum Gasteiger partial charge on any atom is -0.466 e. The number of carbonyl (C=O) groups excluding carboxylic acids is 4. The largest absolute Gasteiger partial charge is 0.466 e. The molecule has 0 heterocycles. The van der Waals surface area contributed by atoms with Gasteiger partial charge in [-0.1, -0.05) is 65.5 Å². The first-order valence-corrected chi connectivity index (χ1v) is 14.2. The van der Waals surface area contributed by atoms with Gasteiger partial charge in [0, 0.05) is 12.8 Å². The van der Waals surface area contributed by atoms with Crippen LogP contribution in [-0.4, -0.2) is 50.3 Å². The van der Waals surface area contributed by atoms with Crippen molar-refractivity contribution in [3.05, 3.63) is 35.4 Å². The highest BCUT2D eigenvalue weighted by Gasteiger charge is 2.18. The smallest absolute Gasteiger partial charge is 0.339 e. The molecule has 8 heteroatoms. The number of hydrogen-bond donors (Lipinski definition) is 0. The Bertz CT molecular complexity index is 725. The van der Waals surface area contributed by atoms with Gasteiger partial charge in [-0.15, -0.1) is 0 Å². The normalized spacial score (nSPS) is 10.1. The Morgan fingerprint density at radius 1 is 0.500 bits per heavy atom. The number of unbranched alkanes of at least 4 members (excludes halogenated alkanes) is 5. The Kier molecular flexibility index (Phi) is 22.6. The first kappa shape index (κ1) is 35.1. The van der Waals surface area contributed by atoms with E-state index in [-0.39, 0.29) is 23.1 Å². The summed E-state index contributed by atoms with van der Waals surface area (Å²) in [5.41, 5.74) is 0.537. The van der Waals surface area contributed by atoms with Gasteiger partial charge in [0.05, 0.1) is 37.6 Å². The van der Waals surface area contributed by atoms with E-state index in [0.29, 0.717) is 52.1 Å². The summed E-state index contributed by atoms with van der Waals surface area (Å²) < 4.78 is 20.3. The zero-order valence-corrected chi connectivity index (χ0v) is 23.9. The Labute approximate surface area is 228 Å². The summed E-state index contributed by atoms with van der Waals surface area (Å²) in [6.07, 6.45) is 9.57. The number of esters is 4. The third kappa shape index (κ3) is 18.4. The standard InChI is InChI=1S/C16H22O4.C14H26O4/c1-3-5-11-19-15(17)13-9-7-8-10-14(13)16(18)20-12-6-4-2;1-3-5-11-17-13(15)9-7-8-10-14(16)18-12-6-4-2/h7-10H,3-6,11-12H2,1-2H3;3-12H2,1-2H3. The molecule has 0 radical (unpaired) electrons. The summed E-state index contributed by atoms with van der Waals surface area (Å²) in [6, 6.07) is 6.59. The monoisotopic (exact) mass is 536 g/mol. The molecule has 0 unspecified atom stereocenters. The van der Waals surface area contributed by atoms with Crippen LogP contribution in [0.25, 0.3) is 0 Å². The Morgan fingerprint density at radius 3 is 1.13 bits per heavy atom. The van der Waals surface area contributed by atoms with Crippen LogP contribution in [0, 0.1) is 0 Å². The highest BCUT2D eigenvalue weighted by Crippen LogP contribution is 2.13. The van der Waals surface area contributed by atoms with E-state index in [9.17, 15) is 19.2 Å². The quantitative estimate of drug-likeness (QED) is 0.108. The highest BCUT2D eigenvalue weighted by atomic mass is 16.5. The van der Waals surface area contributed by atoms with Crippen LogP contribution in [0.15, 0.2) is 24.3 Å². The Morgan fingerprint density at radius 2 is 0.816 bits per heavy atom. The molecule has 0 aliphatic carbocycles. The summed E-state index contributed by atoms with van der Waals surface area (Å²) in [5, 5.41) is 0. The van der Waals surface area contributed by atoms with Crippen LogP contribution in [0.2, 0.25) is 0 Å². The van der Waals surface area contributed by atoms with E-state index in [4.69, 9.17) is 18.9 Å². The molecule has 38 heavy (non-hydrogen) atoms. The molecule has 0 fully saturated rings.